The molecule has 0 bridgehead atoms. The lowest BCUT2D eigenvalue weighted by Crippen LogP contribution is -2.55. The summed E-state index contributed by atoms with van der Waals surface area (Å²) in [6.07, 6.45) is 1.17. The highest BCUT2D eigenvalue weighted by Gasteiger charge is 2.13. The zero-order valence-electron chi connectivity index (χ0n) is 10.5. The summed E-state index contributed by atoms with van der Waals surface area (Å²) in [6.45, 7) is 8.96. The first-order valence-electron chi connectivity index (χ1n) is 5.92. The molecule has 1 atom stereocenters. The van der Waals surface area contributed by atoms with E-state index >= 15 is 0 Å². The van der Waals surface area contributed by atoms with Crippen molar-refractivity contribution >= 4 is 0 Å². The third-order valence-corrected chi connectivity index (χ3v) is 2.86. The van der Waals surface area contributed by atoms with Crippen LogP contribution in [0.25, 0.3) is 0 Å². The average molecular weight is 206 g/mol. The van der Waals surface area contributed by atoms with E-state index in [0.717, 1.165) is 5.92 Å². The van der Waals surface area contributed by atoms with Gasteiger partial charge in [0.1, 0.15) is 6.04 Å². The topological polar surface area (TPSA) is 27.6 Å². The van der Waals surface area contributed by atoms with Gasteiger partial charge in [-0.05, 0) is 17.9 Å². The normalized spacial score (nSPS) is 13.5. The molecular formula is C14H24N+. The molecule has 1 aromatic carbocycles. The standard InChI is InChI=1S/C14H23N/c1-10(2)9-12-5-7-13(8-6-12)14(15)11(3)4/h5-8,10-11,14H,9,15H2,1-4H3/p+1/t14-/m0/s1. The van der Waals surface area contributed by atoms with Gasteiger partial charge in [0.05, 0.1) is 0 Å². The van der Waals surface area contributed by atoms with Crippen molar-refractivity contribution in [2.24, 2.45) is 11.8 Å². The summed E-state index contributed by atoms with van der Waals surface area (Å²) >= 11 is 0. The monoisotopic (exact) mass is 206 g/mol. The van der Waals surface area contributed by atoms with E-state index in [4.69, 9.17) is 0 Å². The molecule has 15 heavy (non-hydrogen) atoms. The first kappa shape index (κ1) is 12.3. The molecule has 84 valence electrons. The fourth-order valence-corrected chi connectivity index (χ4v) is 1.76. The molecule has 1 rings (SSSR count). The second kappa shape index (κ2) is 5.32. The van der Waals surface area contributed by atoms with Crippen molar-refractivity contribution in [3.8, 4) is 0 Å². The van der Waals surface area contributed by atoms with Crippen LogP contribution in [-0.4, -0.2) is 0 Å². The molecule has 1 nitrogen and oxygen atoms in total. The number of benzene rings is 1. The van der Waals surface area contributed by atoms with E-state index in [1.165, 1.54) is 17.5 Å². The molecule has 1 aromatic rings. The Hall–Kier alpha value is -0.820. The number of hydrogen-bond acceptors (Lipinski definition) is 0. The van der Waals surface area contributed by atoms with E-state index in [1.807, 2.05) is 0 Å². The summed E-state index contributed by atoms with van der Waals surface area (Å²) < 4.78 is 0. The van der Waals surface area contributed by atoms with Crippen LogP contribution < -0.4 is 5.73 Å². The second-order valence-electron chi connectivity index (χ2n) is 5.19. The molecule has 3 N–H and O–H groups in total. The molecule has 1 heteroatoms. The average Bonchev–Trinajstić information content (AvgIpc) is 2.17. The molecule has 0 saturated heterocycles. The molecule has 0 radical (unpaired) electrons. The summed E-state index contributed by atoms with van der Waals surface area (Å²) in [5.41, 5.74) is 6.99. The van der Waals surface area contributed by atoms with Gasteiger partial charge in [0.25, 0.3) is 0 Å². The van der Waals surface area contributed by atoms with Gasteiger partial charge in [0.15, 0.2) is 0 Å². The highest BCUT2D eigenvalue weighted by molar-refractivity contribution is 5.24. The van der Waals surface area contributed by atoms with Gasteiger partial charge < -0.3 is 5.73 Å². The summed E-state index contributed by atoms with van der Waals surface area (Å²) in [5.74, 6) is 1.34. The van der Waals surface area contributed by atoms with Gasteiger partial charge in [-0.25, -0.2) is 0 Å². The van der Waals surface area contributed by atoms with Crippen molar-refractivity contribution in [1.82, 2.24) is 0 Å². The smallest absolute Gasteiger partial charge is 0.112 e. The van der Waals surface area contributed by atoms with Gasteiger partial charge >= 0.3 is 0 Å². The summed E-state index contributed by atoms with van der Waals surface area (Å²) in [6, 6.07) is 9.37. The molecule has 0 amide bonds. The van der Waals surface area contributed by atoms with Gasteiger partial charge in [0.2, 0.25) is 0 Å². The second-order valence-corrected chi connectivity index (χ2v) is 5.19. The van der Waals surface area contributed by atoms with Crippen molar-refractivity contribution < 1.29 is 5.73 Å². The first-order valence-corrected chi connectivity index (χ1v) is 5.92. The lowest BCUT2D eigenvalue weighted by atomic mass is 9.94. The predicted molar refractivity (Wildman–Crippen MR) is 65.5 cm³/mol. The van der Waals surface area contributed by atoms with Crippen molar-refractivity contribution in [3.63, 3.8) is 0 Å². The minimum atomic E-state index is 0.415. The Morgan fingerprint density at radius 3 is 1.93 bits per heavy atom. The Balaban J connectivity index is 2.72. The Morgan fingerprint density at radius 2 is 1.53 bits per heavy atom. The van der Waals surface area contributed by atoms with Gasteiger partial charge in [-0.1, -0.05) is 52.0 Å². The highest BCUT2D eigenvalue weighted by atomic mass is 14.6. The fourth-order valence-electron chi connectivity index (χ4n) is 1.76. The van der Waals surface area contributed by atoms with Crippen LogP contribution >= 0.6 is 0 Å². The maximum atomic E-state index is 4.20. The van der Waals surface area contributed by atoms with Gasteiger partial charge in [-0.3, -0.25) is 0 Å². The lowest BCUT2D eigenvalue weighted by Gasteiger charge is -2.13. The fraction of sp³-hybridized carbons (Fsp3) is 0.571. The minimum Gasteiger partial charge on any atom is -0.351 e. The first-order chi connectivity index (χ1) is 7.00. The number of rotatable bonds is 4. The van der Waals surface area contributed by atoms with Crippen LogP contribution in [0.4, 0.5) is 0 Å². The van der Waals surface area contributed by atoms with Crippen molar-refractivity contribution in [2.75, 3.05) is 0 Å². The van der Waals surface area contributed by atoms with E-state index in [0.29, 0.717) is 12.0 Å². The number of hydrogen-bond donors (Lipinski definition) is 1. The van der Waals surface area contributed by atoms with E-state index in [2.05, 4.69) is 57.7 Å². The maximum absolute atomic E-state index is 4.20. The molecule has 0 aliphatic carbocycles. The highest BCUT2D eigenvalue weighted by Crippen LogP contribution is 2.18. The van der Waals surface area contributed by atoms with Gasteiger partial charge in [-0.2, -0.15) is 0 Å². The van der Waals surface area contributed by atoms with Crippen LogP contribution in [0.3, 0.4) is 0 Å². The van der Waals surface area contributed by atoms with E-state index in [1.54, 1.807) is 0 Å². The Labute approximate surface area is 93.7 Å². The third kappa shape index (κ3) is 3.67. The van der Waals surface area contributed by atoms with Crippen LogP contribution in [0.5, 0.6) is 0 Å². The molecule has 0 unspecified atom stereocenters. The lowest BCUT2D eigenvalue weighted by molar-refractivity contribution is -0.438. The Kier molecular flexibility index (Phi) is 4.34. The Morgan fingerprint density at radius 1 is 1.00 bits per heavy atom. The molecule has 0 fully saturated rings. The zero-order chi connectivity index (χ0) is 11.4. The molecule has 0 aliphatic heterocycles. The quantitative estimate of drug-likeness (QED) is 0.784. The predicted octanol–water partition coefficient (Wildman–Crippen LogP) is 2.82. The van der Waals surface area contributed by atoms with Crippen LogP contribution in [-0.2, 0) is 6.42 Å². The molecule has 0 heterocycles. The SMILES string of the molecule is CC(C)Cc1ccc([C@@H]([NH3+])C(C)C)cc1. The zero-order valence-corrected chi connectivity index (χ0v) is 10.5. The molecule has 0 aromatic heterocycles. The van der Waals surface area contributed by atoms with E-state index < -0.39 is 0 Å². The molecule has 0 saturated carbocycles. The van der Waals surface area contributed by atoms with Gasteiger partial charge in [0, 0.05) is 11.5 Å². The number of quaternary nitrogens is 1. The van der Waals surface area contributed by atoms with Crippen molar-refractivity contribution in [1.29, 1.82) is 0 Å². The molecular weight excluding hydrogens is 182 g/mol. The summed E-state index contributed by atoms with van der Waals surface area (Å²) in [4.78, 5) is 0. The van der Waals surface area contributed by atoms with Crippen LogP contribution in [0.1, 0.15) is 44.9 Å². The summed E-state index contributed by atoms with van der Waals surface area (Å²) in [7, 11) is 0. The van der Waals surface area contributed by atoms with Crippen molar-refractivity contribution in [3.05, 3.63) is 35.4 Å². The minimum absolute atomic E-state index is 0.415. The van der Waals surface area contributed by atoms with E-state index in [-0.39, 0.29) is 0 Å². The molecule has 0 aliphatic rings. The van der Waals surface area contributed by atoms with E-state index in [9.17, 15) is 0 Å². The maximum Gasteiger partial charge on any atom is 0.112 e. The van der Waals surface area contributed by atoms with Gasteiger partial charge in [-0.15, -0.1) is 0 Å². The summed E-state index contributed by atoms with van der Waals surface area (Å²) in [5, 5.41) is 0. The van der Waals surface area contributed by atoms with Crippen molar-refractivity contribution in [2.45, 2.75) is 40.2 Å². The Bertz CT molecular complexity index is 285. The van der Waals surface area contributed by atoms with Crippen LogP contribution in [0.15, 0.2) is 24.3 Å². The van der Waals surface area contributed by atoms with Crippen LogP contribution in [0, 0.1) is 11.8 Å². The third-order valence-electron chi connectivity index (χ3n) is 2.86. The van der Waals surface area contributed by atoms with Crippen LogP contribution in [0.2, 0.25) is 0 Å². The molecule has 0 spiro atoms. The largest absolute Gasteiger partial charge is 0.351 e.